The van der Waals surface area contributed by atoms with Crippen LogP contribution >= 0.6 is 0 Å². The molecule has 0 radical (unpaired) electrons. The summed E-state index contributed by atoms with van der Waals surface area (Å²) >= 11 is 0. The van der Waals surface area contributed by atoms with Crippen molar-refractivity contribution in [2.75, 3.05) is 6.61 Å². The fourth-order valence-electron chi connectivity index (χ4n) is 2.12. The molecule has 15 heavy (non-hydrogen) atoms. The van der Waals surface area contributed by atoms with Crippen molar-refractivity contribution in [1.29, 1.82) is 0 Å². The third-order valence-corrected chi connectivity index (χ3v) is 3.03. The van der Waals surface area contributed by atoms with Crippen LogP contribution in [0.1, 0.15) is 29.9 Å². The molecular formula is C11H11NO3. The van der Waals surface area contributed by atoms with Crippen LogP contribution in [0.5, 0.6) is 5.75 Å². The molecule has 0 amide bonds. The molecule has 0 saturated heterocycles. The van der Waals surface area contributed by atoms with E-state index in [1.807, 2.05) is 0 Å². The number of hydrogen-bond donors (Lipinski definition) is 0. The molecule has 0 aromatic heterocycles. The molecule has 0 atom stereocenters. The van der Waals surface area contributed by atoms with Gasteiger partial charge in [-0.2, -0.15) is 0 Å². The molecule has 1 fully saturated rings. The average molecular weight is 205 g/mol. The van der Waals surface area contributed by atoms with Gasteiger partial charge in [-0.25, -0.2) is 0 Å². The Hall–Kier alpha value is -1.58. The third kappa shape index (κ3) is 1.37. The summed E-state index contributed by atoms with van der Waals surface area (Å²) in [6.07, 6.45) is 3.07. The number of rotatable bonds is 2. The lowest BCUT2D eigenvalue weighted by Crippen LogP contribution is -1.93. The Labute approximate surface area is 87.0 Å². The molecule has 1 heterocycles. The van der Waals surface area contributed by atoms with Gasteiger partial charge in [0.05, 0.1) is 11.5 Å². The SMILES string of the molecule is O=[N+]([O-])c1cc2c(c(C3CC3)c1)OCC2. The Morgan fingerprint density at radius 3 is 2.87 bits per heavy atom. The standard InChI is InChI=1S/C11H11NO3/c13-12(14)9-5-8-3-4-15-11(8)10(6-9)7-1-2-7/h5-7H,1-4H2. The van der Waals surface area contributed by atoms with Gasteiger partial charge in [-0.1, -0.05) is 0 Å². The molecule has 0 bridgehead atoms. The van der Waals surface area contributed by atoms with E-state index in [0.717, 1.165) is 36.1 Å². The van der Waals surface area contributed by atoms with E-state index in [9.17, 15) is 10.1 Å². The van der Waals surface area contributed by atoms with Crippen LogP contribution in [-0.2, 0) is 6.42 Å². The quantitative estimate of drug-likeness (QED) is 0.550. The second-order valence-corrected chi connectivity index (χ2v) is 4.15. The number of nitro groups is 1. The number of nitro benzene ring substituents is 1. The molecule has 2 aliphatic rings. The Balaban J connectivity index is 2.14. The van der Waals surface area contributed by atoms with E-state index < -0.39 is 0 Å². The third-order valence-electron chi connectivity index (χ3n) is 3.03. The van der Waals surface area contributed by atoms with Crippen molar-refractivity contribution >= 4 is 5.69 Å². The van der Waals surface area contributed by atoms with Crippen molar-refractivity contribution in [3.8, 4) is 5.75 Å². The number of benzene rings is 1. The molecule has 78 valence electrons. The molecule has 4 heteroatoms. The highest BCUT2D eigenvalue weighted by atomic mass is 16.6. The van der Waals surface area contributed by atoms with E-state index >= 15 is 0 Å². The first-order valence-corrected chi connectivity index (χ1v) is 5.19. The maximum Gasteiger partial charge on any atom is 0.270 e. The zero-order valence-electron chi connectivity index (χ0n) is 8.23. The minimum Gasteiger partial charge on any atom is -0.493 e. The van der Waals surface area contributed by atoms with Crippen molar-refractivity contribution in [1.82, 2.24) is 0 Å². The molecule has 3 rings (SSSR count). The molecule has 1 aromatic carbocycles. The van der Waals surface area contributed by atoms with Gasteiger partial charge in [-0.3, -0.25) is 10.1 Å². The zero-order chi connectivity index (χ0) is 10.4. The maximum absolute atomic E-state index is 10.8. The first kappa shape index (κ1) is 8.71. The van der Waals surface area contributed by atoms with Gasteiger partial charge in [-0.15, -0.1) is 0 Å². The molecule has 0 unspecified atom stereocenters. The Kier molecular flexibility index (Phi) is 1.71. The largest absolute Gasteiger partial charge is 0.493 e. The Bertz CT molecular complexity index is 438. The van der Waals surface area contributed by atoms with Crippen LogP contribution in [0.25, 0.3) is 0 Å². The van der Waals surface area contributed by atoms with Gasteiger partial charge in [0, 0.05) is 29.7 Å². The topological polar surface area (TPSA) is 52.4 Å². The highest BCUT2D eigenvalue weighted by Gasteiger charge is 2.32. The highest BCUT2D eigenvalue weighted by molar-refractivity contribution is 5.54. The monoisotopic (exact) mass is 205 g/mol. The smallest absolute Gasteiger partial charge is 0.270 e. The van der Waals surface area contributed by atoms with Crippen LogP contribution in [0.3, 0.4) is 0 Å². The summed E-state index contributed by atoms with van der Waals surface area (Å²) in [5.74, 6) is 1.42. The summed E-state index contributed by atoms with van der Waals surface area (Å²) in [6, 6.07) is 3.33. The van der Waals surface area contributed by atoms with Gasteiger partial charge in [0.25, 0.3) is 5.69 Å². The fourth-order valence-corrected chi connectivity index (χ4v) is 2.12. The summed E-state index contributed by atoms with van der Waals surface area (Å²) in [5, 5.41) is 10.8. The summed E-state index contributed by atoms with van der Waals surface area (Å²) in [4.78, 5) is 10.4. The summed E-state index contributed by atoms with van der Waals surface area (Å²) < 4.78 is 5.54. The summed E-state index contributed by atoms with van der Waals surface area (Å²) in [5.41, 5.74) is 2.27. The second kappa shape index (κ2) is 2.95. The minimum atomic E-state index is -0.315. The van der Waals surface area contributed by atoms with Crippen molar-refractivity contribution in [3.63, 3.8) is 0 Å². The maximum atomic E-state index is 10.8. The first-order chi connectivity index (χ1) is 7.25. The van der Waals surface area contributed by atoms with E-state index in [1.165, 1.54) is 0 Å². The van der Waals surface area contributed by atoms with Crippen molar-refractivity contribution in [2.45, 2.75) is 25.2 Å². The van der Waals surface area contributed by atoms with Gasteiger partial charge >= 0.3 is 0 Å². The van der Waals surface area contributed by atoms with Gasteiger partial charge in [-0.05, 0) is 18.8 Å². The molecule has 4 nitrogen and oxygen atoms in total. The zero-order valence-corrected chi connectivity index (χ0v) is 8.23. The van der Waals surface area contributed by atoms with Crippen LogP contribution in [0.2, 0.25) is 0 Å². The fraction of sp³-hybridized carbons (Fsp3) is 0.455. The van der Waals surface area contributed by atoms with Crippen LogP contribution in [0.15, 0.2) is 12.1 Å². The van der Waals surface area contributed by atoms with Crippen molar-refractivity contribution in [3.05, 3.63) is 33.4 Å². The molecule has 0 spiro atoms. The van der Waals surface area contributed by atoms with E-state index in [-0.39, 0.29) is 10.6 Å². The Morgan fingerprint density at radius 1 is 1.40 bits per heavy atom. The van der Waals surface area contributed by atoms with Gasteiger partial charge < -0.3 is 4.74 Å². The van der Waals surface area contributed by atoms with E-state index in [2.05, 4.69) is 0 Å². The number of hydrogen-bond acceptors (Lipinski definition) is 3. The van der Waals surface area contributed by atoms with Crippen molar-refractivity contribution < 1.29 is 9.66 Å². The lowest BCUT2D eigenvalue weighted by atomic mass is 10.0. The van der Waals surface area contributed by atoms with Crippen LogP contribution in [0, 0.1) is 10.1 Å². The number of fused-ring (bicyclic) bond motifs is 1. The van der Waals surface area contributed by atoms with E-state index in [1.54, 1.807) is 12.1 Å². The summed E-state index contributed by atoms with van der Waals surface area (Å²) in [7, 11) is 0. The van der Waals surface area contributed by atoms with E-state index in [0.29, 0.717) is 12.5 Å². The van der Waals surface area contributed by atoms with E-state index in [4.69, 9.17) is 4.74 Å². The van der Waals surface area contributed by atoms with Gasteiger partial charge in [0.2, 0.25) is 0 Å². The predicted molar refractivity (Wildman–Crippen MR) is 54.3 cm³/mol. The predicted octanol–water partition coefficient (Wildman–Crippen LogP) is 2.41. The molecule has 1 aliphatic heterocycles. The molecule has 1 saturated carbocycles. The van der Waals surface area contributed by atoms with Crippen LogP contribution in [-0.4, -0.2) is 11.5 Å². The lowest BCUT2D eigenvalue weighted by molar-refractivity contribution is -0.385. The minimum absolute atomic E-state index is 0.209. The molecular weight excluding hydrogens is 194 g/mol. The van der Waals surface area contributed by atoms with Gasteiger partial charge in [0.1, 0.15) is 5.75 Å². The first-order valence-electron chi connectivity index (χ1n) is 5.19. The van der Waals surface area contributed by atoms with Crippen molar-refractivity contribution in [2.24, 2.45) is 0 Å². The molecule has 0 N–H and O–H groups in total. The Morgan fingerprint density at radius 2 is 2.20 bits per heavy atom. The van der Waals surface area contributed by atoms with Crippen LogP contribution < -0.4 is 4.74 Å². The molecule has 1 aliphatic carbocycles. The molecule has 1 aromatic rings. The summed E-state index contributed by atoms with van der Waals surface area (Å²) in [6.45, 7) is 0.663. The number of non-ortho nitro benzene ring substituents is 1. The highest BCUT2D eigenvalue weighted by Crippen LogP contribution is 2.48. The average Bonchev–Trinajstić information content (AvgIpc) is 2.94. The van der Waals surface area contributed by atoms with Gasteiger partial charge in [0.15, 0.2) is 0 Å². The van der Waals surface area contributed by atoms with Crippen LogP contribution in [0.4, 0.5) is 5.69 Å². The number of ether oxygens (including phenoxy) is 1. The second-order valence-electron chi connectivity index (χ2n) is 4.15. The lowest BCUT2D eigenvalue weighted by Gasteiger charge is -2.06. The normalized spacial score (nSPS) is 18.4. The number of nitrogens with zero attached hydrogens (tertiary/aromatic N) is 1.